The highest BCUT2D eigenvalue weighted by Gasteiger charge is 2.13. The summed E-state index contributed by atoms with van der Waals surface area (Å²) in [7, 11) is 1.63. The van der Waals surface area contributed by atoms with E-state index in [9.17, 15) is 9.90 Å². The number of carbonyl (C=O) groups is 1. The van der Waals surface area contributed by atoms with Crippen LogP contribution in [0.1, 0.15) is 21.5 Å². The molecule has 5 heteroatoms. The molecule has 0 unspecified atom stereocenters. The highest BCUT2D eigenvalue weighted by Crippen LogP contribution is 2.17. The number of hydrogen-bond donors (Lipinski definition) is 2. The van der Waals surface area contributed by atoms with Crippen LogP contribution in [0.5, 0.6) is 5.75 Å². The van der Waals surface area contributed by atoms with E-state index in [1.54, 1.807) is 26.3 Å². The van der Waals surface area contributed by atoms with Crippen molar-refractivity contribution in [3.63, 3.8) is 0 Å². The summed E-state index contributed by atoms with van der Waals surface area (Å²) < 4.78 is 5.11. The Morgan fingerprint density at radius 1 is 1.29 bits per heavy atom. The number of anilines is 1. The van der Waals surface area contributed by atoms with Gasteiger partial charge < -0.3 is 15.2 Å². The zero-order valence-corrected chi connectivity index (χ0v) is 12.1. The van der Waals surface area contributed by atoms with Crippen molar-refractivity contribution in [2.24, 2.45) is 0 Å². The predicted molar refractivity (Wildman–Crippen MR) is 81.1 cm³/mol. The fraction of sp³-hybridized carbons (Fsp3) is 0.250. The number of carboxylic acids is 1. The van der Waals surface area contributed by atoms with Gasteiger partial charge in [-0.15, -0.1) is 0 Å². The molecule has 0 amide bonds. The number of hydrogen-bond acceptors (Lipinski definition) is 4. The number of aromatic nitrogens is 1. The number of aryl methyl sites for hydroxylation is 1. The van der Waals surface area contributed by atoms with Gasteiger partial charge in [0.2, 0.25) is 0 Å². The molecule has 1 heterocycles. The van der Waals surface area contributed by atoms with E-state index in [2.05, 4.69) is 10.3 Å². The fourth-order valence-corrected chi connectivity index (χ4v) is 2.08. The molecule has 0 fully saturated rings. The zero-order valence-electron chi connectivity index (χ0n) is 12.1. The second kappa shape index (κ2) is 6.74. The summed E-state index contributed by atoms with van der Waals surface area (Å²) in [6, 6.07) is 9.48. The van der Waals surface area contributed by atoms with Gasteiger partial charge >= 0.3 is 5.97 Å². The number of pyridine rings is 1. The van der Waals surface area contributed by atoms with E-state index < -0.39 is 5.97 Å². The summed E-state index contributed by atoms with van der Waals surface area (Å²) in [5, 5.41) is 12.3. The topological polar surface area (TPSA) is 71.5 Å². The highest BCUT2D eigenvalue weighted by atomic mass is 16.5. The predicted octanol–water partition coefficient (Wildman–Crippen LogP) is 2.75. The Kier molecular flexibility index (Phi) is 4.77. The molecule has 2 aromatic rings. The number of benzene rings is 1. The van der Waals surface area contributed by atoms with Gasteiger partial charge in [-0.25, -0.2) is 9.78 Å². The molecule has 21 heavy (non-hydrogen) atoms. The van der Waals surface area contributed by atoms with Crippen LogP contribution in [0.4, 0.5) is 5.82 Å². The van der Waals surface area contributed by atoms with Crippen molar-refractivity contribution < 1.29 is 14.6 Å². The summed E-state index contributed by atoms with van der Waals surface area (Å²) in [5.41, 5.74) is 2.07. The molecule has 0 spiro atoms. The van der Waals surface area contributed by atoms with Gasteiger partial charge in [0.25, 0.3) is 0 Å². The van der Waals surface area contributed by atoms with E-state index in [0.717, 1.165) is 17.7 Å². The minimum atomic E-state index is -0.965. The Hall–Kier alpha value is -2.56. The van der Waals surface area contributed by atoms with Crippen molar-refractivity contribution in [2.45, 2.75) is 13.3 Å². The van der Waals surface area contributed by atoms with Crippen LogP contribution in [0.25, 0.3) is 0 Å². The van der Waals surface area contributed by atoms with Gasteiger partial charge in [0.1, 0.15) is 17.1 Å². The maximum Gasteiger partial charge on any atom is 0.339 e. The van der Waals surface area contributed by atoms with E-state index in [1.807, 2.05) is 24.3 Å². The normalized spacial score (nSPS) is 10.2. The van der Waals surface area contributed by atoms with Crippen molar-refractivity contribution in [3.8, 4) is 5.75 Å². The van der Waals surface area contributed by atoms with Gasteiger partial charge in [0, 0.05) is 12.7 Å². The Bertz CT molecular complexity index is 624. The summed E-state index contributed by atoms with van der Waals surface area (Å²) >= 11 is 0. The monoisotopic (exact) mass is 286 g/mol. The van der Waals surface area contributed by atoms with Crippen LogP contribution in [0.15, 0.2) is 36.5 Å². The minimum absolute atomic E-state index is 0.229. The van der Waals surface area contributed by atoms with Crippen molar-refractivity contribution in [2.75, 3.05) is 19.0 Å². The van der Waals surface area contributed by atoms with Crippen LogP contribution in [0.3, 0.4) is 0 Å². The molecule has 5 nitrogen and oxygen atoms in total. The van der Waals surface area contributed by atoms with Crippen LogP contribution >= 0.6 is 0 Å². The molecule has 0 aliphatic rings. The molecule has 0 bridgehead atoms. The summed E-state index contributed by atoms with van der Waals surface area (Å²) in [6.07, 6.45) is 2.39. The third-order valence-corrected chi connectivity index (χ3v) is 3.24. The number of nitrogens with zero attached hydrogens (tertiary/aromatic N) is 1. The Morgan fingerprint density at radius 2 is 2.00 bits per heavy atom. The van der Waals surface area contributed by atoms with Crippen molar-refractivity contribution >= 4 is 11.8 Å². The SMILES string of the molecule is COc1ccc(CCNc2nccc(C)c2C(=O)O)cc1. The van der Waals surface area contributed by atoms with Crippen LogP contribution in [0.2, 0.25) is 0 Å². The molecular formula is C16H18N2O3. The third-order valence-electron chi connectivity index (χ3n) is 3.24. The molecular weight excluding hydrogens is 268 g/mol. The lowest BCUT2D eigenvalue weighted by Crippen LogP contribution is -2.12. The van der Waals surface area contributed by atoms with Gasteiger partial charge in [0.15, 0.2) is 0 Å². The van der Waals surface area contributed by atoms with Gasteiger partial charge in [-0.1, -0.05) is 12.1 Å². The smallest absolute Gasteiger partial charge is 0.339 e. The summed E-state index contributed by atoms with van der Waals surface area (Å²) in [6.45, 7) is 2.38. The standard InChI is InChI=1S/C16H18N2O3/c1-11-7-9-17-15(14(11)16(19)20)18-10-8-12-3-5-13(21-2)6-4-12/h3-7,9H,8,10H2,1-2H3,(H,17,18)(H,19,20). The average Bonchev–Trinajstić information content (AvgIpc) is 2.47. The van der Waals surface area contributed by atoms with Crippen molar-refractivity contribution in [3.05, 3.63) is 53.2 Å². The largest absolute Gasteiger partial charge is 0.497 e. The van der Waals surface area contributed by atoms with Gasteiger partial charge in [-0.2, -0.15) is 0 Å². The quantitative estimate of drug-likeness (QED) is 0.854. The number of ether oxygens (including phenoxy) is 1. The molecule has 110 valence electrons. The van der Waals surface area contributed by atoms with E-state index in [0.29, 0.717) is 17.9 Å². The first-order valence-corrected chi connectivity index (χ1v) is 6.67. The lowest BCUT2D eigenvalue weighted by atomic mass is 10.1. The first-order valence-electron chi connectivity index (χ1n) is 6.67. The van der Waals surface area contributed by atoms with Crippen LogP contribution < -0.4 is 10.1 Å². The molecule has 2 N–H and O–H groups in total. The van der Waals surface area contributed by atoms with E-state index in [-0.39, 0.29) is 5.56 Å². The summed E-state index contributed by atoms with van der Waals surface area (Å²) in [5.74, 6) is 0.267. The molecule has 0 aliphatic carbocycles. The molecule has 0 aliphatic heterocycles. The third kappa shape index (κ3) is 3.72. The first-order chi connectivity index (χ1) is 10.1. The molecule has 2 rings (SSSR count). The first kappa shape index (κ1) is 14.8. The Balaban J connectivity index is 2.00. The maximum atomic E-state index is 11.3. The lowest BCUT2D eigenvalue weighted by molar-refractivity contribution is 0.0697. The number of nitrogens with one attached hydrogen (secondary N) is 1. The van der Waals surface area contributed by atoms with E-state index >= 15 is 0 Å². The number of rotatable bonds is 6. The Labute approximate surface area is 123 Å². The zero-order chi connectivity index (χ0) is 15.2. The molecule has 0 radical (unpaired) electrons. The highest BCUT2D eigenvalue weighted by molar-refractivity contribution is 5.94. The second-order valence-electron chi connectivity index (χ2n) is 4.68. The lowest BCUT2D eigenvalue weighted by Gasteiger charge is -2.10. The van der Waals surface area contributed by atoms with E-state index in [1.165, 1.54) is 0 Å². The van der Waals surface area contributed by atoms with Crippen molar-refractivity contribution in [1.82, 2.24) is 4.98 Å². The molecule has 0 atom stereocenters. The molecule has 1 aromatic carbocycles. The van der Waals surface area contributed by atoms with Gasteiger partial charge in [-0.3, -0.25) is 0 Å². The number of aromatic carboxylic acids is 1. The summed E-state index contributed by atoms with van der Waals surface area (Å²) in [4.78, 5) is 15.4. The number of methoxy groups -OCH3 is 1. The molecule has 1 aromatic heterocycles. The molecule has 0 saturated carbocycles. The fourth-order valence-electron chi connectivity index (χ4n) is 2.08. The average molecular weight is 286 g/mol. The number of carboxylic acid groups (broad SMARTS) is 1. The van der Waals surface area contributed by atoms with Crippen LogP contribution in [-0.4, -0.2) is 29.7 Å². The van der Waals surface area contributed by atoms with Gasteiger partial charge in [0.05, 0.1) is 7.11 Å². The molecule has 0 saturated heterocycles. The van der Waals surface area contributed by atoms with Gasteiger partial charge in [-0.05, 0) is 42.7 Å². The van der Waals surface area contributed by atoms with E-state index in [4.69, 9.17) is 4.74 Å². The Morgan fingerprint density at radius 3 is 2.62 bits per heavy atom. The maximum absolute atomic E-state index is 11.3. The minimum Gasteiger partial charge on any atom is -0.497 e. The van der Waals surface area contributed by atoms with Crippen LogP contribution in [0, 0.1) is 6.92 Å². The van der Waals surface area contributed by atoms with Crippen molar-refractivity contribution in [1.29, 1.82) is 0 Å². The second-order valence-corrected chi connectivity index (χ2v) is 4.68. The van der Waals surface area contributed by atoms with Crippen LogP contribution in [-0.2, 0) is 6.42 Å².